The van der Waals surface area contributed by atoms with Crippen LogP contribution < -0.4 is 10.6 Å². The number of aliphatic imine (C=N–C) groups is 1. The zero-order valence-electron chi connectivity index (χ0n) is 18.3. The molecule has 0 amide bonds. The monoisotopic (exact) mass is 390 g/mol. The third kappa shape index (κ3) is 4.19. The molecule has 7 nitrogen and oxygen atoms in total. The predicted octanol–water partition coefficient (Wildman–Crippen LogP) is 2.70. The van der Waals surface area contributed by atoms with Gasteiger partial charge in [0.25, 0.3) is 0 Å². The van der Waals surface area contributed by atoms with Gasteiger partial charge >= 0.3 is 0 Å². The van der Waals surface area contributed by atoms with Crippen LogP contribution in [0.5, 0.6) is 0 Å². The van der Waals surface area contributed by atoms with Crippen LogP contribution in [-0.2, 0) is 24.1 Å². The van der Waals surface area contributed by atoms with Gasteiger partial charge in [-0.05, 0) is 39.5 Å². The molecule has 158 valence electrons. The number of nitrogens with one attached hydrogen (secondary N) is 2. The highest BCUT2D eigenvalue weighted by Gasteiger charge is 2.58. The van der Waals surface area contributed by atoms with E-state index >= 15 is 0 Å². The highest BCUT2D eigenvalue weighted by Crippen LogP contribution is 2.51. The van der Waals surface area contributed by atoms with Crippen molar-refractivity contribution in [3.8, 4) is 0 Å². The molecule has 2 aliphatic rings. The summed E-state index contributed by atoms with van der Waals surface area (Å²) in [5, 5.41) is 15.8. The molecule has 1 aromatic rings. The second-order valence-corrected chi connectivity index (χ2v) is 8.92. The fourth-order valence-corrected chi connectivity index (χ4v) is 4.37. The third-order valence-corrected chi connectivity index (χ3v) is 6.95. The summed E-state index contributed by atoms with van der Waals surface area (Å²) < 4.78 is 8.08. The number of nitrogens with zero attached hydrogens (tertiary/aromatic N) is 4. The van der Waals surface area contributed by atoms with Crippen LogP contribution in [0, 0.1) is 5.41 Å². The second-order valence-electron chi connectivity index (χ2n) is 8.92. The molecule has 0 bridgehead atoms. The topological polar surface area (TPSA) is 76.4 Å². The molecule has 0 radical (unpaired) electrons. The first-order valence-corrected chi connectivity index (χ1v) is 10.9. The molecule has 28 heavy (non-hydrogen) atoms. The molecule has 1 aliphatic carbocycles. The van der Waals surface area contributed by atoms with E-state index in [1.54, 1.807) is 0 Å². The Balaban J connectivity index is 1.52. The van der Waals surface area contributed by atoms with Crippen molar-refractivity contribution >= 4 is 5.96 Å². The first-order valence-electron chi connectivity index (χ1n) is 10.9. The number of aromatic nitrogens is 3. The zero-order chi connectivity index (χ0) is 20.2. The number of hydrogen-bond acceptors (Lipinski definition) is 4. The van der Waals surface area contributed by atoms with Gasteiger partial charge in [-0.1, -0.05) is 20.3 Å². The lowest BCUT2D eigenvalue weighted by Crippen LogP contribution is -2.69. The summed E-state index contributed by atoms with van der Waals surface area (Å²) in [6.45, 7) is 11.5. The Hall–Kier alpha value is -1.63. The summed E-state index contributed by atoms with van der Waals surface area (Å²) in [7, 11) is 1.81. The minimum Gasteiger partial charge on any atom is -0.378 e. The molecular weight excluding hydrogens is 352 g/mol. The fraction of sp³-hybridized carbons (Fsp3) is 0.857. The molecule has 2 N–H and O–H groups in total. The van der Waals surface area contributed by atoms with E-state index in [4.69, 9.17) is 9.73 Å². The van der Waals surface area contributed by atoms with Crippen LogP contribution in [-0.4, -0.2) is 52.6 Å². The van der Waals surface area contributed by atoms with E-state index in [0.29, 0.717) is 6.04 Å². The van der Waals surface area contributed by atoms with Gasteiger partial charge in [0.2, 0.25) is 0 Å². The smallest absolute Gasteiger partial charge is 0.191 e. The van der Waals surface area contributed by atoms with E-state index in [1.165, 1.54) is 25.1 Å². The molecule has 2 heterocycles. The largest absolute Gasteiger partial charge is 0.378 e. The zero-order valence-corrected chi connectivity index (χ0v) is 18.3. The maximum atomic E-state index is 5.74. The van der Waals surface area contributed by atoms with Crippen molar-refractivity contribution in [2.24, 2.45) is 10.4 Å². The predicted molar refractivity (Wildman–Crippen MR) is 113 cm³/mol. The van der Waals surface area contributed by atoms with Gasteiger partial charge in [-0.2, -0.15) is 0 Å². The molecule has 2 unspecified atom stereocenters. The summed E-state index contributed by atoms with van der Waals surface area (Å²) in [6, 6.07) is 0.363. The molecule has 0 spiro atoms. The van der Waals surface area contributed by atoms with Gasteiger partial charge in [-0.25, -0.2) is 0 Å². The molecule has 0 saturated heterocycles. The summed E-state index contributed by atoms with van der Waals surface area (Å²) in [5.74, 6) is 3.19. The first-order chi connectivity index (χ1) is 13.4. The quantitative estimate of drug-likeness (QED) is 0.425. The van der Waals surface area contributed by atoms with Crippen LogP contribution >= 0.6 is 0 Å². The van der Waals surface area contributed by atoms with Crippen molar-refractivity contribution in [1.82, 2.24) is 25.4 Å². The lowest BCUT2D eigenvalue weighted by Gasteiger charge is -2.59. The van der Waals surface area contributed by atoms with E-state index < -0.39 is 0 Å². The summed E-state index contributed by atoms with van der Waals surface area (Å²) >= 11 is 0. The van der Waals surface area contributed by atoms with Crippen LogP contribution in [0.1, 0.15) is 71.4 Å². The van der Waals surface area contributed by atoms with Crippen molar-refractivity contribution in [3.05, 3.63) is 11.6 Å². The number of rotatable bonds is 7. The van der Waals surface area contributed by atoms with Crippen LogP contribution in [0.3, 0.4) is 0 Å². The molecule has 1 fully saturated rings. The van der Waals surface area contributed by atoms with Crippen molar-refractivity contribution in [2.75, 3.05) is 20.2 Å². The maximum Gasteiger partial charge on any atom is 0.191 e. The lowest BCUT2D eigenvalue weighted by molar-refractivity contribution is -0.176. The number of methoxy groups -OCH3 is 1. The Bertz CT molecular complexity index is 682. The average Bonchev–Trinajstić information content (AvgIpc) is 2.90. The van der Waals surface area contributed by atoms with Crippen molar-refractivity contribution < 1.29 is 4.74 Å². The van der Waals surface area contributed by atoms with Gasteiger partial charge in [0.05, 0.1) is 5.60 Å². The molecular formula is C21H38N6O. The molecule has 7 heteroatoms. The van der Waals surface area contributed by atoms with E-state index in [9.17, 15) is 0 Å². The van der Waals surface area contributed by atoms with E-state index in [1.807, 2.05) is 7.11 Å². The maximum absolute atomic E-state index is 5.74. The standard InChI is InChI=1S/C21H38N6O/c1-6-22-19(24-16-15-21(4,28-5)20(16,2)3)23-13-10-12-18-26-25-17-11-8-7-9-14-27(17)18/h16H,6-15H2,1-5H3,(H2,22,23,24). The molecule has 1 saturated carbocycles. The molecule has 0 aromatic carbocycles. The number of ether oxygens (including phenoxy) is 1. The molecule has 2 atom stereocenters. The average molecular weight is 391 g/mol. The third-order valence-electron chi connectivity index (χ3n) is 6.95. The summed E-state index contributed by atoms with van der Waals surface area (Å²) in [5.41, 5.74) is -0.00942. The van der Waals surface area contributed by atoms with Crippen molar-refractivity contribution in [3.63, 3.8) is 0 Å². The highest BCUT2D eigenvalue weighted by atomic mass is 16.5. The van der Waals surface area contributed by atoms with Gasteiger partial charge in [0.15, 0.2) is 5.96 Å². The van der Waals surface area contributed by atoms with Gasteiger partial charge in [-0.3, -0.25) is 4.99 Å². The van der Waals surface area contributed by atoms with E-state index in [-0.39, 0.29) is 11.0 Å². The molecule has 1 aromatic heterocycles. The molecule has 1 aliphatic heterocycles. The Labute approximate surface area is 169 Å². The van der Waals surface area contributed by atoms with Gasteiger partial charge in [-0.15, -0.1) is 10.2 Å². The van der Waals surface area contributed by atoms with Crippen LogP contribution in [0.2, 0.25) is 0 Å². The minimum atomic E-state index is -0.0759. The summed E-state index contributed by atoms with van der Waals surface area (Å²) in [6.07, 6.45) is 7.75. The number of aryl methyl sites for hydroxylation is 2. The van der Waals surface area contributed by atoms with Crippen molar-refractivity contribution in [1.29, 1.82) is 0 Å². The normalized spacial score (nSPS) is 26.9. The SMILES string of the molecule is CCNC(=NCCCc1nnc2n1CCCCC2)NC1CC(C)(OC)C1(C)C. The fourth-order valence-electron chi connectivity index (χ4n) is 4.37. The van der Waals surface area contributed by atoms with E-state index in [2.05, 4.69) is 53.1 Å². The van der Waals surface area contributed by atoms with Gasteiger partial charge in [0, 0.05) is 51.0 Å². The minimum absolute atomic E-state index is 0.0665. The highest BCUT2D eigenvalue weighted by molar-refractivity contribution is 5.80. The van der Waals surface area contributed by atoms with Crippen LogP contribution in [0.15, 0.2) is 4.99 Å². The summed E-state index contributed by atoms with van der Waals surface area (Å²) in [4.78, 5) is 4.80. The second kappa shape index (κ2) is 8.80. The Morgan fingerprint density at radius 3 is 2.79 bits per heavy atom. The number of hydrogen-bond donors (Lipinski definition) is 2. The van der Waals surface area contributed by atoms with Crippen LogP contribution in [0.4, 0.5) is 0 Å². The van der Waals surface area contributed by atoms with Gasteiger partial charge < -0.3 is 19.9 Å². The Kier molecular flexibility index (Phi) is 6.63. The number of fused-ring (bicyclic) bond motifs is 1. The van der Waals surface area contributed by atoms with Gasteiger partial charge in [0.1, 0.15) is 11.6 Å². The van der Waals surface area contributed by atoms with Crippen LogP contribution in [0.25, 0.3) is 0 Å². The first kappa shape index (κ1) is 21.1. The molecule has 3 rings (SSSR count). The lowest BCUT2D eigenvalue weighted by atomic mass is 9.56. The number of guanidine groups is 1. The Morgan fingerprint density at radius 2 is 2.07 bits per heavy atom. The Morgan fingerprint density at radius 1 is 1.25 bits per heavy atom. The van der Waals surface area contributed by atoms with E-state index in [0.717, 1.165) is 57.1 Å². The van der Waals surface area contributed by atoms with Crippen molar-refractivity contribution in [2.45, 2.75) is 90.8 Å².